The zero-order chi connectivity index (χ0) is 12.3. The number of carbonyl (C=O) groups is 1. The van der Waals surface area contributed by atoms with Crippen LogP contribution in [-0.2, 0) is 0 Å². The lowest BCUT2D eigenvalue weighted by Crippen LogP contribution is -1.97. The molecule has 0 saturated heterocycles. The molecular weight excluding hydrogens is 238 g/mol. The predicted octanol–water partition coefficient (Wildman–Crippen LogP) is 2.46. The van der Waals surface area contributed by atoms with Crippen molar-refractivity contribution < 1.29 is 9.90 Å². The molecule has 0 aliphatic carbocycles. The zero-order valence-electron chi connectivity index (χ0n) is 8.54. The van der Waals surface area contributed by atoms with Crippen LogP contribution in [0.2, 0.25) is 0 Å². The van der Waals surface area contributed by atoms with Crippen molar-refractivity contribution in [2.75, 3.05) is 5.32 Å². The number of carboxylic acid groups (broad SMARTS) is 1. The van der Waals surface area contributed by atoms with Crippen molar-refractivity contribution in [1.29, 1.82) is 5.26 Å². The molecule has 2 aromatic rings. The van der Waals surface area contributed by atoms with Crippen LogP contribution in [-0.4, -0.2) is 16.1 Å². The van der Waals surface area contributed by atoms with E-state index in [0.29, 0.717) is 16.4 Å². The van der Waals surface area contributed by atoms with E-state index in [0.717, 1.165) is 0 Å². The van der Waals surface area contributed by atoms with Gasteiger partial charge in [0.25, 0.3) is 0 Å². The number of nitriles is 1. The number of benzene rings is 1. The number of hydrogen-bond donors (Lipinski definition) is 2. The fourth-order valence-corrected chi connectivity index (χ4v) is 1.93. The van der Waals surface area contributed by atoms with Crippen LogP contribution in [0.5, 0.6) is 0 Å². The summed E-state index contributed by atoms with van der Waals surface area (Å²) in [5.74, 6) is -1.07. The molecule has 0 amide bonds. The second-order valence-electron chi connectivity index (χ2n) is 3.13. The second kappa shape index (κ2) is 4.63. The Morgan fingerprint density at radius 1 is 1.47 bits per heavy atom. The van der Waals surface area contributed by atoms with Crippen LogP contribution in [0, 0.1) is 11.3 Å². The van der Waals surface area contributed by atoms with Gasteiger partial charge in [-0.25, -0.2) is 9.78 Å². The third-order valence-corrected chi connectivity index (χ3v) is 2.77. The van der Waals surface area contributed by atoms with Gasteiger partial charge < -0.3 is 10.4 Å². The summed E-state index contributed by atoms with van der Waals surface area (Å²) in [7, 11) is 0. The summed E-state index contributed by atoms with van der Waals surface area (Å²) < 4.78 is 0. The van der Waals surface area contributed by atoms with E-state index in [1.807, 2.05) is 6.07 Å². The molecule has 6 heteroatoms. The van der Waals surface area contributed by atoms with Gasteiger partial charge >= 0.3 is 5.97 Å². The molecule has 17 heavy (non-hydrogen) atoms. The van der Waals surface area contributed by atoms with Gasteiger partial charge in [-0.2, -0.15) is 5.26 Å². The van der Waals surface area contributed by atoms with Gasteiger partial charge in [0, 0.05) is 5.38 Å². The minimum Gasteiger partial charge on any atom is -0.476 e. The Morgan fingerprint density at radius 2 is 2.24 bits per heavy atom. The Morgan fingerprint density at radius 3 is 2.88 bits per heavy atom. The largest absolute Gasteiger partial charge is 0.476 e. The molecule has 0 unspecified atom stereocenters. The Labute approximate surface area is 101 Å². The van der Waals surface area contributed by atoms with E-state index in [1.54, 1.807) is 24.3 Å². The number of nitrogens with zero attached hydrogens (tertiary/aromatic N) is 2. The average Bonchev–Trinajstić information content (AvgIpc) is 2.78. The Hall–Kier alpha value is -2.39. The lowest BCUT2D eigenvalue weighted by molar-refractivity contribution is 0.0691. The average molecular weight is 245 g/mol. The number of hydrogen-bond acceptors (Lipinski definition) is 5. The first-order valence-corrected chi connectivity index (χ1v) is 5.53. The monoisotopic (exact) mass is 245 g/mol. The van der Waals surface area contributed by atoms with Crippen molar-refractivity contribution in [1.82, 2.24) is 4.98 Å². The number of carboxylic acids is 1. The van der Waals surface area contributed by atoms with Gasteiger partial charge in [-0.05, 0) is 12.1 Å². The number of para-hydroxylation sites is 1. The van der Waals surface area contributed by atoms with Crippen LogP contribution in [0.3, 0.4) is 0 Å². The highest BCUT2D eigenvalue weighted by Gasteiger charge is 2.09. The van der Waals surface area contributed by atoms with E-state index in [9.17, 15) is 4.79 Å². The van der Waals surface area contributed by atoms with Crippen molar-refractivity contribution in [3.63, 3.8) is 0 Å². The maximum atomic E-state index is 10.7. The maximum Gasteiger partial charge on any atom is 0.355 e. The number of thiazole rings is 1. The normalized spacial score (nSPS) is 9.59. The van der Waals surface area contributed by atoms with Crippen LogP contribution in [0.25, 0.3) is 0 Å². The van der Waals surface area contributed by atoms with Crippen LogP contribution < -0.4 is 5.32 Å². The molecule has 5 nitrogen and oxygen atoms in total. The van der Waals surface area contributed by atoms with Gasteiger partial charge in [0.1, 0.15) is 6.07 Å². The van der Waals surface area contributed by atoms with Crippen LogP contribution in [0.4, 0.5) is 10.8 Å². The molecule has 0 aliphatic heterocycles. The summed E-state index contributed by atoms with van der Waals surface area (Å²) in [6, 6.07) is 9.00. The van der Waals surface area contributed by atoms with Crippen molar-refractivity contribution in [2.24, 2.45) is 0 Å². The molecule has 1 aromatic carbocycles. The summed E-state index contributed by atoms with van der Waals surface area (Å²) in [5, 5.41) is 22.4. The summed E-state index contributed by atoms with van der Waals surface area (Å²) in [4.78, 5) is 14.5. The Kier molecular flexibility index (Phi) is 3.03. The molecule has 1 heterocycles. The standard InChI is InChI=1S/C11H7N3O2S/c12-5-7-3-1-2-4-8(7)13-11-14-9(6-17-11)10(15)16/h1-4,6H,(H,13,14)(H,15,16). The third kappa shape index (κ3) is 2.41. The molecular formula is C11H7N3O2S. The van der Waals surface area contributed by atoms with E-state index >= 15 is 0 Å². The molecule has 2 rings (SSSR count). The quantitative estimate of drug-likeness (QED) is 0.867. The van der Waals surface area contributed by atoms with Crippen molar-refractivity contribution in [3.05, 3.63) is 40.9 Å². The van der Waals surface area contributed by atoms with Crippen molar-refractivity contribution in [3.8, 4) is 6.07 Å². The third-order valence-electron chi connectivity index (χ3n) is 2.01. The fourth-order valence-electron chi connectivity index (χ4n) is 1.23. The lowest BCUT2D eigenvalue weighted by atomic mass is 10.2. The minimum absolute atomic E-state index is 0.00746. The highest BCUT2D eigenvalue weighted by molar-refractivity contribution is 7.14. The van der Waals surface area contributed by atoms with Gasteiger partial charge in [-0.1, -0.05) is 12.1 Å². The van der Waals surface area contributed by atoms with Crippen LogP contribution in [0.1, 0.15) is 16.1 Å². The summed E-state index contributed by atoms with van der Waals surface area (Å²) in [6.07, 6.45) is 0. The molecule has 2 N–H and O–H groups in total. The zero-order valence-corrected chi connectivity index (χ0v) is 9.36. The van der Waals surface area contributed by atoms with Crippen molar-refractivity contribution in [2.45, 2.75) is 0 Å². The van der Waals surface area contributed by atoms with Crippen molar-refractivity contribution >= 4 is 28.1 Å². The topological polar surface area (TPSA) is 86.0 Å². The lowest BCUT2D eigenvalue weighted by Gasteiger charge is -2.03. The maximum absolute atomic E-state index is 10.7. The van der Waals surface area contributed by atoms with Crippen LogP contribution >= 0.6 is 11.3 Å². The summed E-state index contributed by atoms with van der Waals surface area (Å²) >= 11 is 1.18. The van der Waals surface area contributed by atoms with Crippen LogP contribution in [0.15, 0.2) is 29.6 Å². The van der Waals surface area contributed by atoms with Gasteiger partial charge in [0.05, 0.1) is 11.3 Å². The molecule has 0 aliphatic rings. The van der Waals surface area contributed by atoms with E-state index in [2.05, 4.69) is 10.3 Å². The summed E-state index contributed by atoms with van der Waals surface area (Å²) in [6.45, 7) is 0. The molecule has 0 saturated carbocycles. The van der Waals surface area contributed by atoms with E-state index in [1.165, 1.54) is 16.7 Å². The number of nitrogens with one attached hydrogen (secondary N) is 1. The first kappa shape index (κ1) is 11.1. The summed E-state index contributed by atoms with van der Waals surface area (Å²) in [5.41, 5.74) is 1.09. The van der Waals surface area contributed by atoms with Gasteiger partial charge in [0.2, 0.25) is 0 Å². The number of anilines is 2. The molecule has 0 atom stereocenters. The fraction of sp³-hybridized carbons (Fsp3) is 0. The smallest absolute Gasteiger partial charge is 0.355 e. The second-order valence-corrected chi connectivity index (χ2v) is 3.98. The first-order chi connectivity index (χ1) is 8.20. The van der Waals surface area contributed by atoms with Gasteiger partial charge in [-0.15, -0.1) is 11.3 Å². The highest BCUT2D eigenvalue weighted by atomic mass is 32.1. The molecule has 84 valence electrons. The van der Waals surface area contributed by atoms with E-state index in [4.69, 9.17) is 10.4 Å². The number of aromatic nitrogens is 1. The molecule has 0 bridgehead atoms. The minimum atomic E-state index is -1.07. The first-order valence-electron chi connectivity index (χ1n) is 4.65. The van der Waals surface area contributed by atoms with E-state index in [-0.39, 0.29) is 5.69 Å². The highest BCUT2D eigenvalue weighted by Crippen LogP contribution is 2.23. The SMILES string of the molecule is N#Cc1ccccc1Nc1nc(C(=O)O)cs1. The molecule has 0 fully saturated rings. The molecule has 0 radical (unpaired) electrons. The predicted molar refractivity (Wildman–Crippen MR) is 63.5 cm³/mol. The van der Waals surface area contributed by atoms with Gasteiger partial charge in [-0.3, -0.25) is 0 Å². The Bertz CT molecular complexity index is 601. The van der Waals surface area contributed by atoms with E-state index < -0.39 is 5.97 Å². The number of aromatic carboxylic acids is 1. The number of rotatable bonds is 3. The molecule has 1 aromatic heterocycles. The van der Waals surface area contributed by atoms with Gasteiger partial charge in [0.15, 0.2) is 10.8 Å². The molecule has 0 spiro atoms. The Balaban J connectivity index is 2.26.